The fraction of sp³-hybridized carbons (Fsp3) is 0.632. The quantitative estimate of drug-likeness (QED) is 0.749. The lowest BCUT2D eigenvalue weighted by Gasteiger charge is -2.29. The Balaban J connectivity index is 2.20. The lowest BCUT2D eigenvalue weighted by molar-refractivity contribution is -0.117. The summed E-state index contributed by atoms with van der Waals surface area (Å²) in [6.45, 7) is 7.95. The number of rotatable bonds is 6. The van der Waals surface area contributed by atoms with Crippen molar-refractivity contribution in [2.45, 2.75) is 33.6 Å². The van der Waals surface area contributed by atoms with Crippen LogP contribution in [-0.4, -0.2) is 67.9 Å². The lowest BCUT2D eigenvalue weighted by atomic mass is 9.99. The van der Waals surface area contributed by atoms with Gasteiger partial charge in [-0.3, -0.25) is 14.5 Å². The Morgan fingerprint density at radius 1 is 1.26 bits per heavy atom. The molecule has 0 bridgehead atoms. The number of carbonyl (C=O) groups is 3. The minimum atomic E-state index is -0.522. The Hall–Kier alpha value is -1.93. The summed E-state index contributed by atoms with van der Waals surface area (Å²) in [6, 6.07) is 0. The van der Waals surface area contributed by atoms with Crippen LogP contribution < -0.4 is 5.32 Å². The highest BCUT2D eigenvalue weighted by atomic mass is 32.1. The molecule has 1 N–H and O–H groups in total. The maximum Gasteiger partial charge on any atom is 0.341 e. The molecule has 1 fully saturated rings. The molecule has 1 aliphatic heterocycles. The molecule has 2 amide bonds. The fourth-order valence-electron chi connectivity index (χ4n) is 3.05. The number of nitrogens with zero attached hydrogens (tertiary/aromatic N) is 2. The van der Waals surface area contributed by atoms with E-state index in [-0.39, 0.29) is 30.5 Å². The molecule has 2 heterocycles. The van der Waals surface area contributed by atoms with Crippen molar-refractivity contribution in [1.82, 2.24) is 9.80 Å². The lowest BCUT2D eigenvalue weighted by Crippen LogP contribution is -2.38. The zero-order valence-corrected chi connectivity index (χ0v) is 17.6. The molecule has 0 atom stereocenters. The molecule has 7 nitrogen and oxygen atoms in total. The molecule has 0 aromatic carbocycles. The average Bonchev–Trinajstić information content (AvgIpc) is 2.92. The van der Waals surface area contributed by atoms with Gasteiger partial charge in [-0.25, -0.2) is 4.79 Å². The molecule has 1 aromatic rings. The van der Waals surface area contributed by atoms with E-state index in [1.807, 2.05) is 0 Å². The van der Waals surface area contributed by atoms with Crippen LogP contribution in [-0.2, 0) is 9.53 Å². The molecular formula is C19H29N3O4S. The molecular weight excluding hydrogens is 366 g/mol. The second-order valence-electron chi connectivity index (χ2n) is 7.19. The van der Waals surface area contributed by atoms with Gasteiger partial charge < -0.3 is 15.0 Å². The fourth-order valence-corrected chi connectivity index (χ4v) is 4.28. The first kappa shape index (κ1) is 21.4. The number of likely N-dealkylation sites (tertiary alicyclic amines) is 1. The summed E-state index contributed by atoms with van der Waals surface area (Å²) in [4.78, 5) is 41.3. The maximum absolute atomic E-state index is 12.5. The van der Waals surface area contributed by atoms with E-state index >= 15 is 0 Å². The number of nitrogens with one attached hydrogen (secondary N) is 1. The van der Waals surface area contributed by atoms with Crippen molar-refractivity contribution >= 4 is 34.1 Å². The summed E-state index contributed by atoms with van der Waals surface area (Å²) in [5, 5.41) is 3.21. The predicted octanol–water partition coefficient (Wildman–Crippen LogP) is 2.61. The van der Waals surface area contributed by atoms with Crippen LogP contribution in [0.3, 0.4) is 0 Å². The van der Waals surface area contributed by atoms with E-state index in [9.17, 15) is 14.4 Å². The molecule has 1 saturated heterocycles. The number of hydrogen-bond acceptors (Lipinski definition) is 6. The summed E-state index contributed by atoms with van der Waals surface area (Å²) in [5.41, 5.74) is 0.812. The molecule has 2 rings (SSSR count). The summed E-state index contributed by atoms with van der Waals surface area (Å²) in [5.74, 6) is -0.209. The molecule has 0 spiro atoms. The third kappa shape index (κ3) is 5.29. The van der Waals surface area contributed by atoms with Gasteiger partial charge in [-0.15, -0.1) is 11.3 Å². The summed E-state index contributed by atoms with van der Waals surface area (Å²) < 4.78 is 5.13. The van der Waals surface area contributed by atoms with Crippen LogP contribution in [0.2, 0.25) is 0 Å². The summed E-state index contributed by atoms with van der Waals surface area (Å²) in [6.07, 6.45) is 2.17. The number of thiophene rings is 1. The number of ether oxygens (including phenoxy) is 1. The summed E-state index contributed by atoms with van der Waals surface area (Å²) in [7, 11) is 3.31. The number of amides is 2. The molecule has 0 aliphatic carbocycles. The average molecular weight is 396 g/mol. The standard InChI is InChI=1S/C19H29N3O4S/c1-6-26-19(25)15-13(3)16(18(24)21(4)5)27-17(15)20-14(23)11-22-9-7-12(2)8-10-22/h12H,6-11H2,1-5H3,(H,20,23). The van der Waals surface area contributed by atoms with E-state index < -0.39 is 5.97 Å². The Bertz CT molecular complexity index is 706. The van der Waals surface area contributed by atoms with E-state index in [1.54, 1.807) is 27.9 Å². The van der Waals surface area contributed by atoms with E-state index in [0.717, 1.165) is 37.3 Å². The maximum atomic E-state index is 12.5. The normalized spacial score (nSPS) is 15.4. The van der Waals surface area contributed by atoms with E-state index in [1.165, 1.54) is 4.90 Å². The van der Waals surface area contributed by atoms with Crippen LogP contribution in [0.15, 0.2) is 0 Å². The van der Waals surface area contributed by atoms with Gasteiger partial charge in [0, 0.05) is 14.1 Å². The van der Waals surface area contributed by atoms with Crippen LogP contribution in [0.25, 0.3) is 0 Å². The Morgan fingerprint density at radius 3 is 2.44 bits per heavy atom. The minimum Gasteiger partial charge on any atom is -0.462 e. The Morgan fingerprint density at radius 2 is 1.89 bits per heavy atom. The Kier molecular flexibility index (Phi) is 7.38. The van der Waals surface area contributed by atoms with Gasteiger partial charge in [0.2, 0.25) is 5.91 Å². The molecule has 0 radical (unpaired) electrons. The minimum absolute atomic E-state index is 0.180. The van der Waals surface area contributed by atoms with Crippen molar-refractivity contribution < 1.29 is 19.1 Å². The highest BCUT2D eigenvalue weighted by molar-refractivity contribution is 7.18. The van der Waals surface area contributed by atoms with Crippen LogP contribution in [0.1, 0.15) is 52.3 Å². The van der Waals surface area contributed by atoms with E-state index in [0.29, 0.717) is 21.4 Å². The second-order valence-corrected chi connectivity index (χ2v) is 8.21. The van der Waals surface area contributed by atoms with Gasteiger partial charge in [-0.05, 0) is 51.3 Å². The van der Waals surface area contributed by atoms with Crippen molar-refractivity contribution in [2.24, 2.45) is 5.92 Å². The van der Waals surface area contributed by atoms with Gasteiger partial charge in [0.1, 0.15) is 5.00 Å². The first-order valence-corrected chi connectivity index (χ1v) is 10.1. The zero-order chi connectivity index (χ0) is 20.1. The monoisotopic (exact) mass is 395 g/mol. The van der Waals surface area contributed by atoms with Crippen molar-refractivity contribution in [1.29, 1.82) is 0 Å². The first-order chi connectivity index (χ1) is 12.7. The highest BCUT2D eigenvalue weighted by Crippen LogP contribution is 2.34. The van der Waals surface area contributed by atoms with Crippen molar-refractivity contribution in [3.8, 4) is 0 Å². The second kappa shape index (κ2) is 9.32. The van der Waals surface area contributed by atoms with Crippen LogP contribution in [0, 0.1) is 12.8 Å². The first-order valence-electron chi connectivity index (χ1n) is 9.28. The van der Waals surface area contributed by atoms with E-state index in [4.69, 9.17) is 4.74 Å². The smallest absolute Gasteiger partial charge is 0.341 e. The number of anilines is 1. The van der Waals surface area contributed by atoms with Gasteiger partial charge in [-0.2, -0.15) is 0 Å². The highest BCUT2D eigenvalue weighted by Gasteiger charge is 2.28. The molecule has 27 heavy (non-hydrogen) atoms. The third-order valence-electron chi connectivity index (χ3n) is 4.72. The Labute approximate surface area is 164 Å². The number of esters is 1. The number of carbonyl (C=O) groups excluding carboxylic acids is 3. The van der Waals surface area contributed by atoms with Gasteiger partial charge in [0.05, 0.1) is 23.6 Å². The molecule has 1 aliphatic rings. The van der Waals surface area contributed by atoms with Gasteiger partial charge in [-0.1, -0.05) is 6.92 Å². The SMILES string of the molecule is CCOC(=O)c1c(NC(=O)CN2CCC(C)CC2)sc(C(=O)N(C)C)c1C. The van der Waals surface area contributed by atoms with Gasteiger partial charge in [0.25, 0.3) is 5.91 Å². The van der Waals surface area contributed by atoms with Gasteiger partial charge >= 0.3 is 5.97 Å². The van der Waals surface area contributed by atoms with Crippen LogP contribution in [0.5, 0.6) is 0 Å². The number of hydrogen-bond donors (Lipinski definition) is 1. The van der Waals surface area contributed by atoms with Crippen molar-refractivity contribution in [3.05, 3.63) is 16.0 Å². The largest absolute Gasteiger partial charge is 0.462 e. The third-order valence-corrected chi connectivity index (χ3v) is 5.92. The topological polar surface area (TPSA) is 79.0 Å². The van der Waals surface area contributed by atoms with Crippen LogP contribution in [0.4, 0.5) is 5.00 Å². The number of piperidine rings is 1. The van der Waals surface area contributed by atoms with Crippen molar-refractivity contribution in [2.75, 3.05) is 45.7 Å². The molecule has 0 saturated carbocycles. The molecule has 0 unspecified atom stereocenters. The zero-order valence-electron chi connectivity index (χ0n) is 16.8. The molecule has 1 aromatic heterocycles. The van der Waals surface area contributed by atoms with E-state index in [2.05, 4.69) is 17.1 Å². The molecule has 8 heteroatoms. The predicted molar refractivity (Wildman–Crippen MR) is 106 cm³/mol. The van der Waals surface area contributed by atoms with Crippen molar-refractivity contribution in [3.63, 3.8) is 0 Å². The summed E-state index contributed by atoms with van der Waals surface area (Å²) >= 11 is 1.12. The van der Waals surface area contributed by atoms with Gasteiger partial charge in [0.15, 0.2) is 0 Å². The van der Waals surface area contributed by atoms with Crippen LogP contribution >= 0.6 is 11.3 Å². The molecule has 150 valence electrons.